The van der Waals surface area contributed by atoms with Crippen molar-refractivity contribution in [1.29, 1.82) is 0 Å². The van der Waals surface area contributed by atoms with Crippen LogP contribution >= 0.6 is 0 Å². The SMILES string of the molecule is NCC1(NS(=O)(=O)CCc2ccncc2)CCCC1. The number of nitrogens with one attached hydrogen (secondary N) is 1. The minimum Gasteiger partial charge on any atom is -0.329 e. The third-order valence-electron chi connectivity index (χ3n) is 3.73. The van der Waals surface area contributed by atoms with Gasteiger partial charge in [-0.05, 0) is 37.0 Å². The number of sulfonamides is 1. The van der Waals surface area contributed by atoms with E-state index in [-0.39, 0.29) is 5.75 Å². The van der Waals surface area contributed by atoms with E-state index < -0.39 is 15.6 Å². The van der Waals surface area contributed by atoms with E-state index in [1.807, 2.05) is 12.1 Å². The summed E-state index contributed by atoms with van der Waals surface area (Å²) in [6.45, 7) is 0.376. The van der Waals surface area contributed by atoms with Crippen LogP contribution in [-0.2, 0) is 16.4 Å². The molecule has 1 saturated carbocycles. The van der Waals surface area contributed by atoms with E-state index in [2.05, 4.69) is 9.71 Å². The van der Waals surface area contributed by atoms with E-state index in [1.54, 1.807) is 12.4 Å². The zero-order valence-electron chi connectivity index (χ0n) is 11.0. The molecule has 1 fully saturated rings. The first-order chi connectivity index (χ1) is 9.05. The Morgan fingerprint density at radius 2 is 1.89 bits per heavy atom. The zero-order valence-corrected chi connectivity index (χ0v) is 11.8. The molecule has 0 aliphatic heterocycles. The topological polar surface area (TPSA) is 85.1 Å². The number of aryl methyl sites for hydroxylation is 1. The van der Waals surface area contributed by atoms with Gasteiger partial charge in [0.25, 0.3) is 0 Å². The van der Waals surface area contributed by atoms with E-state index in [1.165, 1.54) is 0 Å². The van der Waals surface area contributed by atoms with Gasteiger partial charge in [0.2, 0.25) is 10.0 Å². The summed E-state index contributed by atoms with van der Waals surface area (Å²) in [5, 5.41) is 0. The van der Waals surface area contributed by atoms with Crippen LogP contribution in [0.2, 0.25) is 0 Å². The third-order valence-corrected chi connectivity index (χ3v) is 5.22. The molecule has 1 aromatic heterocycles. The lowest BCUT2D eigenvalue weighted by molar-refractivity contribution is 0.399. The molecule has 106 valence electrons. The van der Waals surface area contributed by atoms with Gasteiger partial charge in [-0.3, -0.25) is 4.98 Å². The molecule has 2 rings (SSSR count). The molecule has 0 spiro atoms. The molecule has 1 aliphatic carbocycles. The van der Waals surface area contributed by atoms with Crippen molar-refractivity contribution in [3.05, 3.63) is 30.1 Å². The van der Waals surface area contributed by atoms with E-state index >= 15 is 0 Å². The minimum absolute atomic E-state index is 0.0960. The van der Waals surface area contributed by atoms with Crippen LogP contribution in [0.15, 0.2) is 24.5 Å². The highest BCUT2D eigenvalue weighted by Gasteiger charge is 2.35. The summed E-state index contributed by atoms with van der Waals surface area (Å²) in [7, 11) is -3.28. The molecule has 0 amide bonds. The molecular formula is C13H21N3O2S. The maximum Gasteiger partial charge on any atom is 0.212 e. The van der Waals surface area contributed by atoms with Crippen molar-refractivity contribution in [3.63, 3.8) is 0 Å². The number of hydrogen-bond donors (Lipinski definition) is 2. The van der Waals surface area contributed by atoms with E-state index in [4.69, 9.17) is 5.73 Å². The fourth-order valence-corrected chi connectivity index (χ4v) is 4.14. The molecule has 0 radical (unpaired) electrons. The number of nitrogens with two attached hydrogens (primary N) is 1. The Bertz CT molecular complexity index is 496. The van der Waals surface area contributed by atoms with Crippen LogP contribution in [0.25, 0.3) is 0 Å². The summed E-state index contributed by atoms with van der Waals surface area (Å²) in [5.41, 5.74) is 6.32. The summed E-state index contributed by atoms with van der Waals surface area (Å²) in [4.78, 5) is 3.92. The van der Waals surface area contributed by atoms with Crippen LogP contribution in [0, 0.1) is 0 Å². The number of pyridine rings is 1. The highest BCUT2D eigenvalue weighted by atomic mass is 32.2. The van der Waals surface area contributed by atoms with Crippen LogP contribution < -0.4 is 10.5 Å². The van der Waals surface area contributed by atoms with Gasteiger partial charge in [0.1, 0.15) is 0 Å². The normalized spacial score (nSPS) is 18.6. The van der Waals surface area contributed by atoms with Gasteiger partial charge in [-0.1, -0.05) is 12.8 Å². The Morgan fingerprint density at radius 1 is 1.26 bits per heavy atom. The third kappa shape index (κ3) is 3.99. The first-order valence-electron chi connectivity index (χ1n) is 6.66. The molecular weight excluding hydrogens is 262 g/mol. The summed E-state index contributed by atoms with van der Waals surface area (Å²) in [6.07, 6.45) is 7.63. The first-order valence-corrected chi connectivity index (χ1v) is 8.31. The monoisotopic (exact) mass is 283 g/mol. The van der Waals surface area contributed by atoms with Gasteiger partial charge in [-0.2, -0.15) is 0 Å². The molecule has 0 bridgehead atoms. The smallest absolute Gasteiger partial charge is 0.212 e. The van der Waals surface area contributed by atoms with Gasteiger partial charge < -0.3 is 5.73 Å². The lowest BCUT2D eigenvalue weighted by Gasteiger charge is -2.28. The molecule has 6 heteroatoms. The second-order valence-electron chi connectivity index (χ2n) is 5.22. The highest BCUT2D eigenvalue weighted by molar-refractivity contribution is 7.89. The van der Waals surface area contributed by atoms with E-state index in [0.29, 0.717) is 13.0 Å². The van der Waals surface area contributed by atoms with Gasteiger partial charge in [0, 0.05) is 24.5 Å². The molecule has 1 heterocycles. The molecule has 0 saturated heterocycles. The maximum absolute atomic E-state index is 12.1. The largest absolute Gasteiger partial charge is 0.329 e. The van der Waals surface area contributed by atoms with Gasteiger partial charge in [-0.25, -0.2) is 13.1 Å². The molecule has 0 atom stereocenters. The summed E-state index contributed by atoms with van der Waals surface area (Å²) in [6, 6.07) is 3.67. The lowest BCUT2D eigenvalue weighted by Crippen LogP contribution is -2.52. The van der Waals surface area contributed by atoms with E-state index in [9.17, 15) is 8.42 Å². The Morgan fingerprint density at radius 3 is 2.47 bits per heavy atom. The van der Waals surface area contributed by atoms with Gasteiger partial charge >= 0.3 is 0 Å². The standard InChI is InChI=1S/C13H21N3O2S/c14-11-13(6-1-2-7-13)16-19(17,18)10-5-12-3-8-15-9-4-12/h3-4,8-9,16H,1-2,5-7,10-11,14H2. The Labute approximate surface area is 114 Å². The molecule has 0 aromatic carbocycles. The number of nitrogens with zero attached hydrogens (tertiary/aromatic N) is 1. The van der Waals surface area contributed by atoms with Crippen LogP contribution in [-0.4, -0.2) is 31.2 Å². The minimum atomic E-state index is -3.28. The predicted molar refractivity (Wildman–Crippen MR) is 75.1 cm³/mol. The number of rotatable bonds is 6. The van der Waals surface area contributed by atoms with Crippen LogP contribution in [0.4, 0.5) is 0 Å². The molecule has 19 heavy (non-hydrogen) atoms. The molecule has 1 aliphatic rings. The van der Waals surface area contributed by atoms with Gasteiger partial charge in [0.05, 0.1) is 5.75 Å². The molecule has 3 N–H and O–H groups in total. The number of aromatic nitrogens is 1. The predicted octanol–water partition coefficient (Wildman–Crippen LogP) is 0.815. The molecule has 1 aromatic rings. The van der Waals surface area contributed by atoms with E-state index in [0.717, 1.165) is 31.2 Å². The van der Waals surface area contributed by atoms with Crippen molar-refractivity contribution in [2.24, 2.45) is 5.73 Å². The van der Waals surface area contributed by atoms with Crippen molar-refractivity contribution < 1.29 is 8.42 Å². The highest BCUT2D eigenvalue weighted by Crippen LogP contribution is 2.29. The Balaban J connectivity index is 1.95. The van der Waals surface area contributed by atoms with Crippen LogP contribution in [0.3, 0.4) is 0 Å². The van der Waals surface area contributed by atoms with Crippen molar-refractivity contribution in [1.82, 2.24) is 9.71 Å². The average Bonchev–Trinajstić information content (AvgIpc) is 2.86. The second kappa shape index (κ2) is 5.98. The average molecular weight is 283 g/mol. The lowest BCUT2D eigenvalue weighted by atomic mass is 10.0. The van der Waals surface area contributed by atoms with Crippen molar-refractivity contribution in [3.8, 4) is 0 Å². The van der Waals surface area contributed by atoms with Crippen LogP contribution in [0.1, 0.15) is 31.2 Å². The van der Waals surface area contributed by atoms with Crippen molar-refractivity contribution in [2.75, 3.05) is 12.3 Å². The van der Waals surface area contributed by atoms with Gasteiger partial charge in [-0.15, -0.1) is 0 Å². The first kappa shape index (κ1) is 14.4. The fraction of sp³-hybridized carbons (Fsp3) is 0.615. The Kier molecular flexibility index (Phi) is 4.54. The maximum atomic E-state index is 12.1. The fourth-order valence-electron chi connectivity index (χ4n) is 2.58. The van der Waals surface area contributed by atoms with Crippen LogP contribution in [0.5, 0.6) is 0 Å². The number of hydrogen-bond acceptors (Lipinski definition) is 4. The summed E-state index contributed by atoms with van der Waals surface area (Å²) < 4.78 is 27.1. The Hall–Kier alpha value is -0.980. The zero-order chi connectivity index (χ0) is 13.8. The van der Waals surface area contributed by atoms with Crippen molar-refractivity contribution >= 4 is 10.0 Å². The summed E-state index contributed by atoms with van der Waals surface area (Å²) >= 11 is 0. The summed E-state index contributed by atoms with van der Waals surface area (Å²) in [5.74, 6) is 0.0960. The molecule has 5 nitrogen and oxygen atoms in total. The van der Waals surface area contributed by atoms with Gasteiger partial charge in [0.15, 0.2) is 0 Å². The molecule has 0 unspecified atom stereocenters. The quantitative estimate of drug-likeness (QED) is 0.809. The second-order valence-corrected chi connectivity index (χ2v) is 7.06. The van der Waals surface area contributed by atoms with Crippen molar-refractivity contribution in [2.45, 2.75) is 37.6 Å².